The minimum Gasteiger partial charge on any atom is -0.398 e. The van der Waals surface area contributed by atoms with Crippen LogP contribution < -0.4 is 5.73 Å². The van der Waals surface area contributed by atoms with Gasteiger partial charge in [0, 0.05) is 24.6 Å². The summed E-state index contributed by atoms with van der Waals surface area (Å²) in [6.45, 7) is 5.26. The second-order valence-corrected chi connectivity index (χ2v) is 4.75. The lowest BCUT2D eigenvalue weighted by Gasteiger charge is -2.34. The van der Waals surface area contributed by atoms with Crippen LogP contribution in [0, 0.1) is 6.92 Å². The van der Waals surface area contributed by atoms with Crippen molar-refractivity contribution in [3.8, 4) is 0 Å². The molecule has 1 heterocycles. The van der Waals surface area contributed by atoms with Crippen LogP contribution >= 0.6 is 0 Å². The van der Waals surface area contributed by atoms with Crippen LogP contribution in [0.3, 0.4) is 0 Å². The van der Waals surface area contributed by atoms with Gasteiger partial charge in [-0.2, -0.15) is 0 Å². The fraction of sp³-hybridized carbons (Fsp3) is 0.500. The van der Waals surface area contributed by atoms with Crippen molar-refractivity contribution in [2.75, 3.05) is 19.4 Å². The average molecular weight is 237 g/mol. The number of amides is 1. The molecule has 0 saturated heterocycles. The summed E-state index contributed by atoms with van der Waals surface area (Å²) in [4.78, 5) is 17.7. The lowest BCUT2D eigenvalue weighted by atomic mass is 10.0. The number of aryl methyl sites for hydroxylation is 1. The van der Waals surface area contributed by atoms with Gasteiger partial charge in [-0.3, -0.25) is 9.78 Å². The molecule has 0 radical (unpaired) electrons. The zero-order valence-electron chi connectivity index (χ0n) is 10.7. The maximum absolute atomic E-state index is 12.2. The van der Waals surface area contributed by atoms with Crippen molar-refractivity contribution in [2.45, 2.75) is 26.3 Å². The van der Waals surface area contributed by atoms with E-state index in [1.807, 2.05) is 6.92 Å². The van der Waals surface area contributed by atoms with Crippen LogP contribution in [0.4, 0.5) is 5.69 Å². The maximum Gasteiger partial charge on any atom is 0.257 e. The lowest BCUT2D eigenvalue weighted by molar-refractivity contribution is 0.0474. The van der Waals surface area contributed by atoms with Gasteiger partial charge >= 0.3 is 0 Å². The zero-order chi connectivity index (χ0) is 13.2. The predicted octanol–water partition coefficient (Wildman–Crippen LogP) is 0.815. The third kappa shape index (κ3) is 2.74. The minimum absolute atomic E-state index is 0.117. The molecule has 0 atom stereocenters. The van der Waals surface area contributed by atoms with Crippen molar-refractivity contribution in [3.05, 3.63) is 23.5 Å². The topological polar surface area (TPSA) is 79.5 Å². The molecule has 0 aliphatic heterocycles. The smallest absolute Gasteiger partial charge is 0.257 e. The SMILES string of the molecule is Cc1cc(N)c(C(=O)N(C)C(C)(C)CO)cn1. The highest BCUT2D eigenvalue weighted by molar-refractivity contribution is 5.99. The number of anilines is 1. The summed E-state index contributed by atoms with van der Waals surface area (Å²) in [6, 6.07) is 1.66. The highest BCUT2D eigenvalue weighted by Gasteiger charge is 2.28. The van der Waals surface area contributed by atoms with Crippen molar-refractivity contribution in [3.63, 3.8) is 0 Å². The molecule has 5 heteroatoms. The molecule has 1 aromatic heterocycles. The molecule has 94 valence electrons. The Labute approximate surface area is 101 Å². The number of nitrogen functional groups attached to an aromatic ring is 1. The third-order valence-corrected chi connectivity index (χ3v) is 2.90. The fourth-order valence-corrected chi connectivity index (χ4v) is 1.32. The van der Waals surface area contributed by atoms with E-state index in [2.05, 4.69) is 4.98 Å². The Balaban J connectivity index is 3.05. The number of pyridine rings is 1. The molecule has 1 rings (SSSR count). The van der Waals surface area contributed by atoms with Crippen LogP contribution in [0.25, 0.3) is 0 Å². The fourth-order valence-electron chi connectivity index (χ4n) is 1.32. The van der Waals surface area contributed by atoms with Crippen LogP contribution in [0.15, 0.2) is 12.3 Å². The predicted molar refractivity (Wildman–Crippen MR) is 66.6 cm³/mol. The summed E-state index contributed by atoms with van der Waals surface area (Å²) in [5.74, 6) is -0.242. The van der Waals surface area contributed by atoms with Crippen molar-refractivity contribution in [1.29, 1.82) is 0 Å². The zero-order valence-corrected chi connectivity index (χ0v) is 10.7. The first kappa shape index (κ1) is 13.4. The van der Waals surface area contributed by atoms with E-state index in [0.29, 0.717) is 11.3 Å². The molecule has 0 spiro atoms. The summed E-state index contributed by atoms with van der Waals surface area (Å²) in [5, 5.41) is 9.23. The van der Waals surface area contributed by atoms with Gasteiger partial charge in [0.25, 0.3) is 5.91 Å². The van der Waals surface area contributed by atoms with Crippen molar-refractivity contribution < 1.29 is 9.90 Å². The number of aliphatic hydroxyl groups is 1. The molecule has 0 fully saturated rings. The number of carbonyl (C=O) groups excluding carboxylic acids is 1. The van der Waals surface area contributed by atoms with Crippen molar-refractivity contribution in [2.24, 2.45) is 0 Å². The molecule has 17 heavy (non-hydrogen) atoms. The van der Waals surface area contributed by atoms with Crippen molar-refractivity contribution >= 4 is 11.6 Å². The molecular weight excluding hydrogens is 218 g/mol. The number of aliphatic hydroxyl groups excluding tert-OH is 1. The number of nitrogens with zero attached hydrogens (tertiary/aromatic N) is 2. The molecule has 0 aliphatic carbocycles. The van der Waals surface area contributed by atoms with E-state index in [4.69, 9.17) is 5.73 Å². The van der Waals surface area contributed by atoms with Gasteiger partial charge in [0.1, 0.15) is 0 Å². The molecule has 5 nitrogen and oxygen atoms in total. The van der Waals surface area contributed by atoms with E-state index in [0.717, 1.165) is 5.69 Å². The molecule has 0 aromatic carbocycles. The molecule has 3 N–H and O–H groups in total. The minimum atomic E-state index is -0.631. The van der Waals surface area contributed by atoms with Gasteiger partial charge in [0.2, 0.25) is 0 Å². The number of nitrogens with two attached hydrogens (primary N) is 1. The van der Waals surface area contributed by atoms with E-state index >= 15 is 0 Å². The standard InChI is InChI=1S/C12H19N3O2/c1-8-5-10(13)9(6-14-8)11(17)15(4)12(2,3)7-16/h5-6,16H,7H2,1-4H3,(H2,13,14). The van der Waals surface area contributed by atoms with Gasteiger partial charge in [-0.05, 0) is 26.8 Å². The second-order valence-electron chi connectivity index (χ2n) is 4.75. The Bertz CT molecular complexity index is 430. The lowest BCUT2D eigenvalue weighted by Crippen LogP contribution is -2.47. The summed E-state index contributed by atoms with van der Waals surface area (Å²) < 4.78 is 0. The van der Waals surface area contributed by atoms with Gasteiger partial charge in [0.05, 0.1) is 17.7 Å². The van der Waals surface area contributed by atoms with E-state index in [1.54, 1.807) is 27.0 Å². The number of aromatic nitrogens is 1. The van der Waals surface area contributed by atoms with Crippen LogP contribution in [0.2, 0.25) is 0 Å². The number of rotatable bonds is 3. The molecule has 1 amide bonds. The number of carbonyl (C=O) groups is 1. The Hall–Kier alpha value is -1.62. The largest absolute Gasteiger partial charge is 0.398 e. The quantitative estimate of drug-likeness (QED) is 0.815. The number of hydrogen-bond acceptors (Lipinski definition) is 4. The maximum atomic E-state index is 12.2. The Morgan fingerprint density at radius 3 is 2.65 bits per heavy atom. The third-order valence-electron chi connectivity index (χ3n) is 2.90. The molecule has 0 aliphatic rings. The monoisotopic (exact) mass is 237 g/mol. The van der Waals surface area contributed by atoms with E-state index in [-0.39, 0.29) is 12.5 Å². The average Bonchev–Trinajstić information content (AvgIpc) is 2.27. The highest BCUT2D eigenvalue weighted by atomic mass is 16.3. The highest BCUT2D eigenvalue weighted by Crippen LogP contribution is 2.19. The first-order valence-corrected chi connectivity index (χ1v) is 5.40. The normalized spacial score (nSPS) is 11.4. The van der Waals surface area contributed by atoms with Gasteiger partial charge in [-0.1, -0.05) is 0 Å². The second kappa shape index (κ2) is 4.71. The van der Waals surface area contributed by atoms with Crippen LogP contribution in [-0.2, 0) is 0 Å². The first-order valence-electron chi connectivity index (χ1n) is 5.40. The van der Waals surface area contributed by atoms with Crippen LogP contribution in [-0.4, -0.2) is 40.1 Å². The van der Waals surface area contributed by atoms with E-state index in [9.17, 15) is 9.90 Å². The number of likely N-dealkylation sites (N-methyl/N-ethyl adjacent to an activating group) is 1. The molecule has 0 saturated carbocycles. The van der Waals surface area contributed by atoms with E-state index < -0.39 is 5.54 Å². The molecule has 0 bridgehead atoms. The van der Waals surface area contributed by atoms with E-state index in [1.165, 1.54) is 11.1 Å². The molecule has 1 aromatic rings. The Kier molecular flexibility index (Phi) is 3.72. The molecular formula is C12H19N3O2. The van der Waals surface area contributed by atoms with Crippen LogP contribution in [0.5, 0.6) is 0 Å². The number of hydrogen-bond donors (Lipinski definition) is 2. The van der Waals surface area contributed by atoms with Gasteiger partial charge in [-0.15, -0.1) is 0 Å². The van der Waals surface area contributed by atoms with Gasteiger partial charge < -0.3 is 15.7 Å². The summed E-state index contributed by atoms with van der Waals surface area (Å²) in [5.41, 5.74) is 6.70. The first-order chi connectivity index (χ1) is 7.79. The van der Waals surface area contributed by atoms with Crippen molar-refractivity contribution in [1.82, 2.24) is 9.88 Å². The summed E-state index contributed by atoms with van der Waals surface area (Å²) in [6.07, 6.45) is 1.47. The Morgan fingerprint density at radius 2 is 2.18 bits per heavy atom. The van der Waals surface area contributed by atoms with Gasteiger partial charge in [-0.25, -0.2) is 0 Å². The van der Waals surface area contributed by atoms with Gasteiger partial charge in [0.15, 0.2) is 0 Å². The Morgan fingerprint density at radius 1 is 1.59 bits per heavy atom. The van der Waals surface area contributed by atoms with Crippen LogP contribution in [0.1, 0.15) is 29.9 Å². The molecule has 0 unspecified atom stereocenters. The summed E-state index contributed by atoms with van der Waals surface area (Å²) in [7, 11) is 1.64. The summed E-state index contributed by atoms with van der Waals surface area (Å²) >= 11 is 0.